The molecule has 1 aromatic heterocycles. The zero-order valence-electron chi connectivity index (χ0n) is 12.7. The lowest BCUT2D eigenvalue weighted by atomic mass is 10.1. The van der Waals surface area contributed by atoms with Gasteiger partial charge < -0.3 is 3.85 Å². The number of rotatable bonds is 1. The SMILES string of the molecule is [c]1soc2ccccc2ccc1C1=N/N=c2/cccc/c2=C/C=C\1. The van der Waals surface area contributed by atoms with Crippen molar-refractivity contribution in [2.24, 2.45) is 10.2 Å². The van der Waals surface area contributed by atoms with E-state index in [1.165, 1.54) is 11.6 Å². The van der Waals surface area contributed by atoms with E-state index in [4.69, 9.17) is 3.85 Å². The Kier molecular flexibility index (Phi) is 4.04. The fraction of sp³-hybridized carbons (Fsp3) is 0. The maximum absolute atomic E-state index is 5.68. The van der Waals surface area contributed by atoms with Crippen LogP contribution in [0.4, 0.5) is 0 Å². The van der Waals surface area contributed by atoms with Gasteiger partial charge in [-0.3, -0.25) is 0 Å². The molecule has 115 valence electrons. The Balaban J connectivity index is 1.85. The number of hydrogen-bond donors (Lipinski definition) is 0. The summed E-state index contributed by atoms with van der Waals surface area (Å²) in [6.45, 7) is 0. The molecule has 4 heteroatoms. The molecular weight excluding hydrogens is 316 g/mol. The predicted octanol–water partition coefficient (Wildman–Crippen LogP) is 3.79. The Hall–Kier alpha value is -2.98. The van der Waals surface area contributed by atoms with E-state index < -0.39 is 0 Å². The third-order valence-electron chi connectivity index (χ3n) is 3.64. The molecule has 4 rings (SSSR count). The highest BCUT2D eigenvalue weighted by atomic mass is 32.1. The molecule has 0 saturated heterocycles. The first-order valence-corrected chi connectivity index (χ1v) is 8.27. The third-order valence-corrected chi connectivity index (χ3v) is 4.21. The summed E-state index contributed by atoms with van der Waals surface area (Å²) in [7, 11) is 0. The van der Waals surface area contributed by atoms with Crippen LogP contribution in [0.25, 0.3) is 17.0 Å². The Bertz CT molecular complexity index is 1120. The summed E-state index contributed by atoms with van der Waals surface area (Å²) in [5.41, 5.74) is 2.40. The second-order valence-electron chi connectivity index (χ2n) is 5.22. The normalized spacial score (nSPS) is 19.2. The quantitative estimate of drug-likeness (QED) is 0.669. The van der Waals surface area contributed by atoms with E-state index in [1.54, 1.807) is 0 Å². The van der Waals surface area contributed by atoms with Crippen molar-refractivity contribution >= 4 is 34.4 Å². The largest absolute Gasteiger partial charge is 0.401 e. The van der Waals surface area contributed by atoms with Crippen LogP contribution in [0, 0.1) is 5.38 Å². The van der Waals surface area contributed by atoms with Crippen LogP contribution in [-0.2, 0) is 0 Å². The predicted molar refractivity (Wildman–Crippen MR) is 97.9 cm³/mol. The monoisotopic (exact) mass is 329 g/mol. The molecule has 3 aromatic rings. The molecule has 1 aliphatic rings. The van der Waals surface area contributed by atoms with Gasteiger partial charge in [-0.25, -0.2) is 0 Å². The molecule has 2 heterocycles. The van der Waals surface area contributed by atoms with Crippen molar-refractivity contribution in [1.82, 2.24) is 0 Å². The van der Waals surface area contributed by atoms with Gasteiger partial charge >= 0.3 is 0 Å². The van der Waals surface area contributed by atoms with E-state index >= 15 is 0 Å². The van der Waals surface area contributed by atoms with E-state index in [2.05, 4.69) is 15.6 Å². The lowest BCUT2D eigenvalue weighted by Gasteiger charge is -1.99. The molecule has 3 nitrogen and oxygen atoms in total. The van der Waals surface area contributed by atoms with Gasteiger partial charge in [0.05, 0.1) is 16.4 Å². The van der Waals surface area contributed by atoms with Gasteiger partial charge in [-0.15, -0.1) is 10.2 Å². The summed E-state index contributed by atoms with van der Waals surface area (Å²) in [4.78, 5) is 0. The summed E-state index contributed by atoms with van der Waals surface area (Å²) in [5.74, 6) is 0. The Labute approximate surface area is 143 Å². The minimum Gasteiger partial charge on any atom is -0.401 e. The van der Waals surface area contributed by atoms with Crippen molar-refractivity contribution in [3.63, 3.8) is 0 Å². The van der Waals surface area contributed by atoms with E-state index in [1.807, 2.05) is 78.9 Å². The van der Waals surface area contributed by atoms with E-state index in [9.17, 15) is 0 Å². The van der Waals surface area contributed by atoms with Gasteiger partial charge in [0.15, 0.2) is 5.58 Å². The van der Waals surface area contributed by atoms with Crippen molar-refractivity contribution in [2.75, 3.05) is 0 Å². The van der Waals surface area contributed by atoms with Gasteiger partial charge in [-0.05, 0) is 18.2 Å². The van der Waals surface area contributed by atoms with Gasteiger partial charge in [-0.2, -0.15) is 0 Å². The zero-order chi connectivity index (χ0) is 16.2. The highest BCUT2D eigenvalue weighted by molar-refractivity contribution is 7.00. The molecule has 0 bridgehead atoms. The molecule has 1 radical (unpaired) electrons. The third kappa shape index (κ3) is 3.05. The molecule has 0 spiro atoms. The van der Waals surface area contributed by atoms with Crippen LogP contribution in [0.2, 0.25) is 0 Å². The molecule has 0 unspecified atom stereocenters. The first kappa shape index (κ1) is 14.6. The summed E-state index contributed by atoms with van der Waals surface area (Å²) in [6.07, 6.45) is 5.94. The van der Waals surface area contributed by atoms with Crippen LogP contribution >= 0.6 is 11.6 Å². The first-order chi connectivity index (χ1) is 11.9. The fourth-order valence-corrected chi connectivity index (χ4v) is 2.94. The smallest absolute Gasteiger partial charge is 0.151 e. The average Bonchev–Trinajstić information content (AvgIpc) is 2.57. The van der Waals surface area contributed by atoms with Gasteiger partial charge in [-0.1, -0.05) is 60.7 Å². The van der Waals surface area contributed by atoms with E-state index in [0.717, 1.165) is 32.8 Å². The number of benzene rings is 2. The maximum Gasteiger partial charge on any atom is 0.151 e. The molecule has 0 N–H and O–H groups in total. The summed E-state index contributed by atoms with van der Waals surface area (Å²) < 4.78 is 5.68. The van der Waals surface area contributed by atoms with Crippen molar-refractivity contribution in [3.05, 3.63) is 94.3 Å². The van der Waals surface area contributed by atoms with Crippen LogP contribution in [0.5, 0.6) is 0 Å². The van der Waals surface area contributed by atoms with Gasteiger partial charge in [0, 0.05) is 27.8 Å². The van der Waals surface area contributed by atoms with Crippen LogP contribution in [-0.4, -0.2) is 5.71 Å². The molecule has 2 aromatic carbocycles. The highest BCUT2D eigenvalue weighted by Gasteiger charge is 2.01. The number of nitrogens with zero attached hydrogens (tertiary/aromatic N) is 2. The van der Waals surface area contributed by atoms with Crippen molar-refractivity contribution in [2.45, 2.75) is 0 Å². The minimum absolute atomic E-state index is 0.743. The Morgan fingerprint density at radius 2 is 1.75 bits per heavy atom. The lowest BCUT2D eigenvalue weighted by Crippen LogP contribution is -2.24. The second kappa shape index (κ2) is 6.64. The molecule has 24 heavy (non-hydrogen) atoms. The zero-order valence-corrected chi connectivity index (χ0v) is 13.5. The van der Waals surface area contributed by atoms with Gasteiger partial charge in [0.1, 0.15) is 0 Å². The summed E-state index contributed by atoms with van der Waals surface area (Å²) >= 11 is 1.17. The topological polar surface area (TPSA) is 37.9 Å². The molecule has 0 amide bonds. The average molecular weight is 329 g/mol. The van der Waals surface area contributed by atoms with Crippen molar-refractivity contribution < 1.29 is 3.85 Å². The van der Waals surface area contributed by atoms with E-state index in [0.29, 0.717) is 0 Å². The molecule has 0 atom stereocenters. The van der Waals surface area contributed by atoms with Gasteiger partial charge in [0.25, 0.3) is 0 Å². The number of para-hydroxylation sites is 1. The highest BCUT2D eigenvalue weighted by Crippen LogP contribution is 2.14. The van der Waals surface area contributed by atoms with Crippen molar-refractivity contribution in [1.29, 1.82) is 0 Å². The van der Waals surface area contributed by atoms with Crippen LogP contribution < -0.4 is 10.6 Å². The fourth-order valence-electron chi connectivity index (χ4n) is 2.40. The lowest BCUT2D eigenvalue weighted by molar-refractivity contribution is 0.746. The molecule has 0 saturated carbocycles. The van der Waals surface area contributed by atoms with Crippen LogP contribution in [0.15, 0.2) is 86.9 Å². The first-order valence-electron chi connectivity index (χ1n) is 7.53. The van der Waals surface area contributed by atoms with Crippen LogP contribution in [0.1, 0.15) is 5.56 Å². The summed E-state index contributed by atoms with van der Waals surface area (Å²) in [6, 6.07) is 19.8. The van der Waals surface area contributed by atoms with Crippen LogP contribution in [0.3, 0.4) is 0 Å². The maximum atomic E-state index is 5.68. The minimum atomic E-state index is 0.743. The summed E-state index contributed by atoms with van der Waals surface area (Å²) in [5, 5.41) is 14.8. The van der Waals surface area contributed by atoms with E-state index in [-0.39, 0.29) is 0 Å². The standard InChI is InChI=1S/C20H13N2OS/c1-3-9-18-15(6-1)8-5-10-19(22-21-18)17-13-12-16-7-2-4-11-20(16)23-24-14-17/h1-13H/b8-5?,10-5-,13-12?,15-8-,17-14?,19-10?,21-18-,22-19+,22-21?. The number of hydrogen-bond acceptors (Lipinski definition) is 4. The number of fused-ring (bicyclic) bond motifs is 2. The Morgan fingerprint density at radius 3 is 2.75 bits per heavy atom. The number of allylic oxidation sites excluding steroid dienone is 2. The molecule has 0 aliphatic carbocycles. The van der Waals surface area contributed by atoms with Gasteiger partial charge in [0.2, 0.25) is 0 Å². The second-order valence-corrected chi connectivity index (χ2v) is 5.76. The molecule has 0 fully saturated rings. The molecular formula is C20H13N2OS. The van der Waals surface area contributed by atoms with Crippen molar-refractivity contribution in [3.8, 4) is 0 Å². The Morgan fingerprint density at radius 1 is 0.875 bits per heavy atom. The molecule has 1 aliphatic heterocycles.